The number of nitrogens with zero attached hydrogens (tertiary/aromatic N) is 11. The van der Waals surface area contributed by atoms with Crippen LogP contribution >= 0.6 is 46.9 Å². The first-order chi connectivity index (χ1) is 60.1. The third-order valence-corrected chi connectivity index (χ3v) is 25.0. The number of hydrogen-bond donors (Lipinski definition) is 4. The minimum Gasteiger partial charge on any atom is -0.756 e. The summed E-state index contributed by atoms with van der Waals surface area (Å²) in [5.74, 6) is 4.77. The normalized spacial score (nSPS) is 21.3. The van der Waals surface area contributed by atoms with E-state index in [0.717, 1.165) is 41.2 Å². The van der Waals surface area contributed by atoms with Crippen molar-refractivity contribution in [3.05, 3.63) is 91.1 Å². The number of quaternary nitrogens is 1. The Morgan fingerprint density at radius 1 is 0.477 bits per heavy atom. The highest BCUT2D eigenvalue weighted by molar-refractivity contribution is 7.49. The summed E-state index contributed by atoms with van der Waals surface area (Å²) in [5.41, 5.74) is 6.72. The summed E-state index contributed by atoms with van der Waals surface area (Å²) >= 11 is 0. The summed E-state index contributed by atoms with van der Waals surface area (Å²) in [6.45, 7) is 32.6. The molecule has 10 N–H and O–H groups in total. The van der Waals surface area contributed by atoms with Gasteiger partial charge in [0, 0.05) is 37.9 Å². The summed E-state index contributed by atoms with van der Waals surface area (Å²) in [7, 11) is -25.7. The van der Waals surface area contributed by atoms with Gasteiger partial charge in [0.15, 0.2) is 5.82 Å². The predicted octanol–water partition coefficient (Wildman–Crippen LogP) is 13.5. The van der Waals surface area contributed by atoms with Crippen LogP contribution in [-0.4, -0.2) is 188 Å². The number of aromatic nitrogens is 6. The van der Waals surface area contributed by atoms with Crippen LogP contribution in [0.4, 0.5) is 27.0 Å². The molecule has 726 valence electrons. The summed E-state index contributed by atoms with van der Waals surface area (Å²) in [6.07, 6.45) is -0.575. The van der Waals surface area contributed by atoms with Crippen molar-refractivity contribution in [1.29, 1.82) is 10.5 Å². The van der Waals surface area contributed by atoms with E-state index >= 15 is 0 Å². The van der Waals surface area contributed by atoms with E-state index in [9.17, 15) is 56.3 Å². The van der Waals surface area contributed by atoms with Gasteiger partial charge in [-0.25, -0.2) is 70.5 Å². The number of carbonyl (C=O) groups is 2. The molecule has 3 aliphatic heterocycles. The fourth-order valence-electron chi connectivity index (χ4n) is 10.6. The number of phosphoric ester groups is 6. The van der Waals surface area contributed by atoms with E-state index in [1.807, 2.05) is 53.7 Å². The van der Waals surface area contributed by atoms with Crippen LogP contribution in [0.2, 0.25) is 0 Å². The zero-order chi connectivity index (χ0) is 94.5. The molecule has 6 heterocycles. The number of nitrogens with two attached hydrogens (primary N) is 3. The standard InChI is InChI=1S/C33H53N5O14P2.C23H37N5O10P2.C17H32N4O10P2.H3N/c1-10-12-19-44-53(42,47-22-17-35-9)48-24-26-25(52-54(43,45-20-13-11-2)46-21-14-16-34)23-28(49-26)37-18-15-27(36-29(37)39)38(30(40)50-32(3,4)5)31(41)51-33(6,7)8;1-4-6-13-32-39(30,35-16-11-26-3)36-18-20-19(17-22(37-20)28-12-9-21(25)27-23(28)29)38-40(31,33-14-7-5-2)34-15-8-10-24;1-3-5-9-26-32(23,24)28-12-14-13(30-33(25,31-19)27-10-6-4-2)11-16(29-14)21-8-7-15(18)20-17(21)22;/h15,18,25-26,28H,10-14,17,19-24H2,1-8H3;9,12,19-20,22H,4-8,11,13-18H2,1-2H3,(H2,25,27,29);7-8,13-14,16H,3-6,9-12,19H2,1-2H3,(H,23,24)(H2,18,20,22);1H3/t25-,26+,28+,53?,54?;19-,20+,22+,39?,40?;13-,14+,16+,33?;/m000./s1. The van der Waals surface area contributed by atoms with E-state index in [0.29, 0.717) is 49.8 Å². The average molecular weight is 1940 g/mol. The monoisotopic (exact) mass is 1940 g/mol. The van der Waals surface area contributed by atoms with Crippen LogP contribution in [0, 0.1) is 35.8 Å². The molecule has 15 atom stereocenters. The maximum atomic E-state index is 13.8. The fourth-order valence-corrected chi connectivity index (χ4v) is 17.7. The Hall–Kier alpha value is -6.60. The van der Waals surface area contributed by atoms with Gasteiger partial charge in [-0.05, 0) is 98.3 Å². The lowest BCUT2D eigenvalue weighted by Crippen LogP contribution is -2.45. The second kappa shape index (κ2) is 58.4. The molecule has 2 amide bonds. The van der Waals surface area contributed by atoms with Crippen LogP contribution in [0.1, 0.15) is 211 Å². The van der Waals surface area contributed by atoms with Crippen molar-refractivity contribution in [3.63, 3.8) is 0 Å². The topological polar surface area (TPSA) is 641 Å². The fraction of sp³-hybridized carbons (Fsp3) is 0.753. The van der Waals surface area contributed by atoms with Crippen molar-refractivity contribution < 1.29 is 143 Å². The molecule has 0 radical (unpaired) electrons. The molecular weight excluding hydrogens is 1820 g/mol. The zero-order valence-corrected chi connectivity index (χ0v) is 79.9. The van der Waals surface area contributed by atoms with E-state index in [2.05, 4.69) is 29.3 Å². The number of carbonyl (C=O) groups excluding carboxylic acids is 2. The van der Waals surface area contributed by atoms with Gasteiger partial charge >= 0.3 is 68.4 Å². The van der Waals surface area contributed by atoms with E-state index in [4.69, 9.17) is 137 Å². The lowest BCUT2D eigenvalue weighted by atomic mass is 10.2. The van der Waals surface area contributed by atoms with Gasteiger partial charge in [-0.3, -0.25) is 81.6 Å². The molecular formula is C73H125N15O34P6. The first kappa shape index (κ1) is 116. The van der Waals surface area contributed by atoms with Gasteiger partial charge in [-0.15, -0.1) is 0 Å². The van der Waals surface area contributed by atoms with Gasteiger partial charge in [0.05, 0.1) is 97.7 Å². The van der Waals surface area contributed by atoms with Crippen molar-refractivity contribution in [3.8, 4) is 12.1 Å². The van der Waals surface area contributed by atoms with Gasteiger partial charge in [-0.2, -0.15) is 30.4 Å². The predicted molar refractivity (Wildman–Crippen MR) is 457 cm³/mol. The number of anilines is 3. The molecule has 0 bridgehead atoms. The number of amides is 2. The highest BCUT2D eigenvalue weighted by Gasteiger charge is 2.49. The smallest absolute Gasteiger partial charge is 0.491 e. The second-order valence-corrected chi connectivity index (χ2v) is 39.2. The van der Waals surface area contributed by atoms with Crippen LogP contribution in [0.25, 0.3) is 9.69 Å². The van der Waals surface area contributed by atoms with Crippen LogP contribution in [0.5, 0.6) is 0 Å². The third kappa shape index (κ3) is 42.5. The van der Waals surface area contributed by atoms with E-state index in [-0.39, 0.29) is 129 Å². The first-order valence-corrected chi connectivity index (χ1v) is 49.9. The van der Waals surface area contributed by atoms with Crippen molar-refractivity contribution in [2.45, 2.75) is 259 Å². The van der Waals surface area contributed by atoms with Gasteiger partial charge in [0.25, 0.3) is 7.82 Å². The molecule has 128 heavy (non-hydrogen) atoms. The highest BCUT2D eigenvalue weighted by Crippen LogP contribution is 2.58. The minimum atomic E-state index is -4.63. The van der Waals surface area contributed by atoms with Crippen LogP contribution in [-0.2, 0) is 128 Å². The van der Waals surface area contributed by atoms with Gasteiger partial charge < -0.3 is 64.9 Å². The van der Waals surface area contributed by atoms with Crippen LogP contribution < -0.4 is 50.4 Å². The van der Waals surface area contributed by atoms with E-state index < -0.39 is 168 Å². The van der Waals surface area contributed by atoms with Crippen LogP contribution in [0.15, 0.2) is 51.2 Å². The van der Waals surface area contributed by atoms with Crippen LogP contribution in [0.3, 0.4) is 0 Å². The Kier molecular flexibility index (Phi) is 52.8. The molecule has 0 saturated carbocycles. The molecule has 3 saturated heterocycles. The summed E-state index contributed by atoms with van der Waals surface area (Å²) in [4.78, 5) is 94.6. The molecule has 6 unspecified atom stereocenters. The number of phosphoric acid groups is 6. The minimum absolute atomic E-state index is 0. The Morgan fingerprint density at radius 2 is 0.773 bits per heavy atom. The molecule has 49 nitrogen and oxygen atoms in total. The molecule has 55 heteroatoms. The molecule has 6 rings (SSSR count). The highest BCUT2D eigenvalue weighted by atomic mass is 31.2. The molecule has 0 spiro atoms. The number of ether oxygens (including phenoxy) is 5. The molecule has 0 aliphatic carbocycles. The summed E-state index contributed by atoms with van der Waals surface area (Å²) in [5, 5.41) is 17.9. The van der Waals surface area contributed by atoms with Gasteiger partial charge in [0.1, 0.15) is 91.4 Å². The SMILES string of the molecule is CCCCOP(=O)([O-])OC[C@H]1O[C@@H](n2ccc(N)nc2=O)C[C@@H]1OP(=O)(ON)OCCCC.[C-]#[N+]CCOP(=O)(OCCCC)OC[C@H]1O[C@@H](n2ccc(N(C(=O)OC(C)(C)C)C(=O)OC(C)(C)C)nc2=O)C[C@@H]1OP(=O)(OCCC#N)OCCCC.[C-]#[N+]CCOP(=O)(OCCCC)OC[C@H]1O[C@@H](n2ccc(N)nc2=O)C[C@@H]1OP(=O)(OCCC#N)OCCCC.[NH4+]. The Morgan fingerprint density at radius 3 is 1.09 bits per heavy atom. The Balaban J connectivity index is 0.000000509. The Labute approximate surface area is 744 Å². The van der Waals surface area contributed by atoms with Gasteiger partial charge in [0.2, 0.25) is 13.1 Å². The number of nitrogen functional groups attached to an aromatic ring is 2. The van der Waals surface area contributed by atoms with Gasteiger partial charge in [-0.1, -0.05) is 80.1 Å². The molecule has 3 fully saturated rings. The third-order valence-electron chi connectivity index (χ3n) is 16.8. The van der Waals surface area contributed by atoms with Crippen molar-refractivity contribution in [2.24, 2.45) is 5.90 Å². The molecule has 3 aromatic heterocycles. The number of imide groups is 1. The second-order valence-electron chi connectivity index (χ2n) is 29.6. The number of unbranched alkanes of at least 4 members (excludes halogenated alkanes) is 6. The maximum Gasteiger partial charge on any atom is 0.491 e. The van der Waals surface area contributed by atoms with Crippen molar-refractivity contribution in [1.82, 2.24) is 34.8 Å². The maximum absolute atomic E-state index is 13.8. The van der Waals surface area contributed by atoms with Crippen molar-refractivity contribution >= 4 is 76.6 Å². The molecule has 3 aromatic rings. The number of nitriles is 2. The number of hydrogen-bond acceptors (Lipinski definition) is 42. The van der Waals surface area contributed by atoms with Crippen molar-refractivity contribution in [2.75, 3.05) is 115 Å². The van der Waals surface area contributed by atoms with E-state index in [1.54, 1.807) is 41.5 Å². The largest absolute Gasteiger partial charge is 0.756 e. The zero-order valence-electron chi connectivity index (χ0n) is 74.5. The molecule has 0 aromatic carbocycles. The first-order valence-electron chi connectivity index (χ1n) is 41.2. The average Bonchev–Trinajstić information content (AvgIpc) is 1.62. The van der Waals surface area contributed by atoms with E-state index in [1.165, 1.54) is 41.4 Å². The Bertz CT molecular complexity index is 4510. The lowest BCUT2D eigenvalue weighted by molar-refractivity contribution is -0.228. The summed E-state index contributed by atoms with van der Waals surface area (Å²) < 4.78 is 202. The molecule has 3 aliphatic rings. The quantitative estimate of drug-likeness (QED) is 0.0176. The lowest BCUT2D eigenvalue weighted by Gasteiger charge is -2.28. The summed E-state index contributed by atoms with van der Waals surface area (Å²) in [6, 6.07) is 7.78. The number of rotatable bonds is 56.